The van der Waals surface area contributed by atoms with Crippen LogP contribution in [0.3, 0.4) is 0 Å². The van der Waals surface area contributed by atoms with Gasteiger partial charge in [0.25, 0.3) is 0 Å². The summed E-state index contributed by atoms with van der Waals surface area (Å²) >= 11 is 7.98. The van der Waals surface area contributed by atoms with Gasteiger partial charge in [-0.25, -0.2) is 4.98 Å². The van der Waals surface area contributed by atoms with Gasteiger partial charge in [-0.3, -0.25) is 4.68 Å². The molecule has 0 bridgehead atoms. The van der Waals surface area contributed by atoms with E-state index in [1.165, 1.54) is 0 Å². The van der Waals surface area contributed by atoms with Gasteiger partial charge >= 0.3 is 0 Å². The number of rotatable bonds is 6. The van der Waals surface area contributed by atoms with Crippen LogP contribution in [0.5, 0.6) is 0 Å². The first-order valence-corrected chi connectivity index (χ1v) is 7.71. The molecule has 2 aromatic rings. The predicted molar refractivity (Wildman–Crippen MR) is 79.9 cm³/mol. The van der Waals surface area contributed by atoms with E-state index >= 15 is 0 Å². The molecule has 0 aromatic carbocycles. The monoisotopic (exact) mass is 298 g/mol. The van der Waals surface area contributed by atoms with E-state index in [9.17, 15) is 0 Å². The number of aromatic nitrogens is 3. The number of aryl methyl sites for hydroxylation is 2. The lowest BCUT2D eigenvalue weighted by Crippen LogP contribution is -2.23. The zero-order chi connectivity index (χ0) is 13.8. The van der Waals surface area contributed by atoms with Gasteiger partial charge in [-0.15, -0.1) is 11.3 Å². The molecule has 0 aliphatic carbocycles. The van der Waals surface area contributed by atoms with Crippen LogP contribution in [0.1, 0.15) is 35.8 Å². The predicted octanol–water partition coefficient (Wildman–Crippen LogP) is 3.21. The highest BCUT2D eigenvalue weighted by Crippen LogP contribution is 2.26. The molecule has 0 saturated carbocycles. The first kappa shape index (κ1) is 14.5. The zero-order valence-corrected chi connectivity index (χ0v) is 13.1. The molecule has 4 nitrogen and oxygen atoms in total. The number of nitrogens with one attached hydrogen (secondary N) is 1. The van der Waals surface area contributed by atoms with Crippen LogP contribution in [0, 0.1) is 6.92 Å². The number of thiazole rings is 1. The van der Waals surface area contributed by atoms with Crippen molar-refractivity contribution in [2.45, 2.75) is 39.3 Å². The van der Waals surface area contributed by atoms with Gasteiger partial charge < -0.3 is 5.32 Å². The molecule has 0 spiro atoms. The van der Waals surface area contributed by atoms with E-state index in [0.717, 1.165) is 40.8 Å². The maximum absolute atomic E-state index is 6.29. The summed E-state index contributed by atoms with van der Waals surface area (Å²) in [5.41, 5.74) is 2.13. The van der Waals surface area contributed by atoms with Crippen molar-refractivity contribution in [2.75, 3.05) is 7.05 Å². The van der Waals surface area contributed by atoms with E-state index in [4.69, 9.17) is 11.6 Å². The molecule has 0 radical (unpaired) electrons. The van der Waals surface area contributed by atoms with Crippen molar-refractivity contribution in [3.8, 4) is 0 Å². The van der Waals surface area contributed by atoms with Crippen LogP contribution >= 0.6 is 22.9 Å². The molecule has 1 N–H and O–H groups in total. The third-order valence-corrected chi connectivity index (χ3v) is 4.27. The minimum absolute atomic E-state index is 0.145. The second kappa shape index (κ2) is 6.50. The van der Waals surface area contributed by atoms with Crippen LogP contribution < -0.4 is 5.32 Å². The Labute approximate surface area is 122 Å². The quantitative estimate of drug-likeness (QED) is 0.890. The van der Waals surface area contributed by atoms with E-state index in [1.54, 1.807) is 17.5 Å². The second-order valence-electron chi connectivity index (χ2n) is 4.53. The molecule has 2 heterocycles. The Bertz CT molecular complexity index is 534. The number of likely N-dealkylation sites (N-methyl/N-ethyl adjacent to an activating group) is 1. The molecule has 1 atom stereocenters. The molecule has 0 aliphatic rings. The Morgan fingerprint density at radius 1 is 1.53 bits per heavy atom. The number of halogens is 1. The smallest absolute Gasteiger partial charge is 0.0947 e. The summed E-state index contributed by atoms with van der Waals surface area (Å²) < 4.78 is 1.99. The van der Waals surface area contributed by atoms with Crippen LogP contribution in [-0.2, 0) is 13.0 Å². The molecule has 104 valence electrons. The second-order valence-corrected chi connectivity index (χ2v) is 5.88. The van der Waals surface area contributed by atoms with Crippen molar-refractivity contribution in [2.24, 2.45) is 0 Å². The highest BCUT2D eigenvalue weighted by atomic mass is 35.5. The van der Waals surface area contributed by atoms with Crippen molar-refractivity contribution >= 4 is 22.9 Å². The minimum atomic E-state index is 0.145. The normalized spacial score (nSPS) is 12.8. The molecular formula is C13H19ClN4S. The average molecular weight is 299 g/mol. The number of hydrogen-bond donors (Lipinski definition) is 1. The lowest BCUT2D eigenvalue weighted by atomic mass is 10.1. The fourth-order valence-electron chi connectivity index (χ4n) is 2.11. The summed E-state index contributed by atoms with van der Waals surface area (Å²) in [6, 6.07) is 0.145. The summed E-state index contributed by atoms with van der Waals surface area (Å²) in [4.78, 5) is 4.52. The van der Waals surface area contributed by atoms with Crippen LogP contribution in [0.15, 0.2) is 11.6 Å². The third-order valence-electron chi connectivity index (χ3n) is 2.99. The summed E-state index contributed by atoms with van der Waals surface area (Å²) in [5.74, 6) is 0. The number of hydrogen-bond acceptors (Lipinski definition) is 4. The highest BCUT2D eigenvalue weighted by Gasteiger charge is 2.20. The van der Waals surface area contributed by atoms with E-state index < -0.39 is 0 Å². The fourth-order valence-corrected chi connectivity index (χ4v) is 3.21. The van der Waals surface area contributed by atoms with Crippen molar-refractivity contribution in [1.29, 1.82) is 0 Å². The maximum Gasteiger partial charge on any atom is 0.0947 e. The maximum atomic E-state index is 6.29. The molecule has 2 aromatic heterocycles. The Morgan fingerprint density at radius 2 is 2.32 bits per heavy atom. The molecule has 2 rings (SSSR count). The Balaban J connectivity index is 2.23. The van der Waals surface area contributed by atoms with E-state index in [0.29, 0.717) is 0 Å². The SMILES string of the molecule is CCCn1ncc(Cl)c1C(Cc1nc(C)cs1)NC. The first-order chi connectivity index (χ1) is 9.15. The molecule has 19 heavy (non-hydrogen) atoms. The van der Waals surface area contributed by atoms with Gasteiger partial charge in [0.05, 0.1) is 28.0 Å². The van der Waals surface area contributed by atoms with Gasteiger partial charge in [-0.1, -0.05) is 18.5 Å². The molecule has 0 amide bonds. The van der Waals surface area contributed by atoms with Gasteiger partial charge in [0.2, 0.25) is 0 Å². The van der Waals surface area contributed by atoms with Crippen molar-refractivity contribution in [3.63, 3.8) is 0 Å². The van der Waals surface area contributed by atoms with Gasteiger partial charge in [-0.05, 0) is 20.4 Å². The van der Waals surface area contributed by atoms with Gasteiger partial charge in [-0.2, -0.15) is 5.10 Å². The van der Waals surface area contributed by atoms with Gasteiger partial charge in [0.15, 0.2) is 0 Å². The van der Waals surface area contributed by atoms with E-state index in [1.807, 2.05) is 18.7 Å². The van der Waals surface area contributed by atoms with E-state index in [2.05, 4.69) is 27.7 Å². The highest BCUT2D eigenvalue weighted by molar-refractivity contribution is 7.09. The minimum Gasteiger partial charge on any atom is -0.311 e. The molecule has 0 aliphatic heterocycles. The summed E-state index contributed by atoms with van der Waals surface area (Å²) in [7, 11) is 1.95. The van der Waals surface area contributed by atoms with Gasteiger partial charge in [0.1, 0.15) is 0 Å². The molecule has 0 fully saturated rings. The topological polar surface area (TPSA) is 42.7 Å². The van der Waals surface area contributed by atoms with Crippen LogP contribution in [0.25, 0.3) is 0 Å². The zero-order valence-electron chi connectivity index (χ0n) is 11.5. The Hall–Kier alpha value is -0.910. The van der Waals surface area contributed by atoms with Crippen LogP contribution in [0.2, 0.25) is 5.02 Å². The molecule has 6 heteroatoms. The van der Waals surface area contributed by atoms with Crippen molar-refractivity contribution in [3.05, 3.63) is 33.0 Å². The first-order valence-electron chi connectivity index (χ1n) is 6.45. The average Bonchev–Trinajstić information content (AvgIpc) is 2.94. The lowest BCUT2D eigenvalue weighted by molar-refractivity contribution is 0.496. The molecular weight excluding hydrogens is 280 g/mol. The molecule has 1 unspecified atom stereocenters. The largest absolute Gasteiger partial charge is 0.311 e. The molecule has 0 saturated heterocycles. The Morgan fingerprint density at radius 3 is 2.89 bits per heavy atom. The summed E-state index contributed by atoms with van der Waals surface area (Å²) in [6.45, 7) is 5.04. The summed E-state index contributed by atoms with van der Waals surface area (Å²) in [5, 5.41) is 11.6. The van der Waals surface area contributed by atoms with E-state index in [-0.39, 0.29) is 6.04 Å². The van der Waals surface area contributed by atoms with Crippen LogP contribution in [-0.4, -0.2) is 21.8 Å². The summed E-state index contributed by atoms with van der Waals surface area (Å²) in [6.07, 6.45) is 3.60. The van der Waals surface area contributed by atoms with Crippen molar-refractivity contribution in [1.82, 2.24) is 20.1 Å². The number of nitrogens with zero attached hydrogens (tertiary/aromatic N) is 3. The standard InChI is InChI=1S/C13H19ClN4S/c1-4-5-18-13(10(14)7-16-18)11(15-3)6-12-17-9(2)8-19-12/h7-8,11,15H,4-6H2,1-3H3. The lowest BCUT2D eigenvalue weighted by Gasteiger charge is -2.17. The van der Waals surface area contributed by atoms with Crippen LogP contribution in [0.4, 0.5) is 0 Å². The Kier molecular flexibility index (Phi) is 4.96. The van der Waals surface area contributed by atoms with Crippen molar-refractivity contribution < 1.29 is 0 Å². The third kappa shape index (κ3) is 3.35. The fraction of sp³-hybridized carbons (Fsp3) is 0.538. The van der Waals surface area contributed by atoms with Gasteiger partial charge in [0, 0.05) is 24.0 Å².